The first-order valence-corrected chi connectivity index (χ1v) is 13.1. The minimum absolute atomic E-state index is 0.00742. The number of benzene rings is 3. The van der Waals surface area contributed by atoms with Gasteiger partial charge in [-0.2, -0.15) is 0 Å². The van der Waals surface area contributed by atoms with Gasteiger partial charge in [-0.25, -0.2) is 4.98 Å². The van der Waals surface area contributed by atoms with Crippen molar-refractivity contribution in [2.45, 2.75) is 38.0 Å². The third kappa shape index (κ3) is 3.17. The van der Waals surface area contributed by atoms with Gasteiger partial charge in [0.1, 0.15) is 28.0 Å². The Hall–Kier alpha value is -3.51. The zero-order valence-corrected chi connectivity index (χ0v) is 21.5. The third-order valence-corrected chi connectivity index (χ3v) is 9.27. The van der Waals surface area contributed by atoms with Crippen molar-refractivity contribution in [1.29, 1.82) is 0 Å². The Morgan fingerprint density at radius 3 is 1.86 bits per heavy atom. The number of ether oxygens (including phenoxy) is 2. The highest BCUT2D eigenvalue weighted by molar-refractivity contribution is 8.15. The van der Waals surface area contributed by atoms with Crippen LogP contribution in [0.5, 0.6) is 23.0 Å². The SMILES string of the molecule is CC1(C)N=C(c2cccc(-c3cc4c5c(c3)Oc3ccccc3B5c3ccccc3O4)n2)SC1(C)C. The molecule has 4 aromatic rings. The van der Waals surface area contributed by atoms with Crippen LogP contribution in [0.4, 0.5) is 0 Å². The zero-order chi connectivity index (χ0) is 24.7. The molecule has 3 aliphatic rings. The number of hydrogen-bond donors (Lipinski definition) is 0. The number of hydrogen-bond acceptors (Lipinski definition) is 5. The van der Waals surface area contributed by atoms with Crippen LogP contribution >= 0.6 is 11.8 Å². The normalized spacial score (nSPS) is 17.8. The Morgan fingerprint density at radius 1 is 0.694 bits per heavy atom. The van der Waals surface area contributed by atoms with Crippen molar-refractivity contribution in [3.05, 3.63) is 84.6 Å². The van der Waals surface area contributed by atoms with E-state index in [1.54, 1.807) is 11.8 Å². The Balaban J connectivity index is 1.36. The Kier molecular flexibility index (Phi) is 4.53. The maximum Gasteiger partial charge on any atom is 0.260 e. The Morgan fingerprint density at radius 2 is 1.28 bits per heavy atom. The lowest BCUT2D eigenvalue weighted by Crippen LogP contribution is -2.57. The molecule has 1 aromatic heterocycles. The van der Waals surface area contributed by atoms with E-state index in [0.717, 1.165) is 61.4 Å². The first-order valence-electron chi connectivity index (χ1n) is 12.3. The predicted molar refractivity (Wildman–Crippen MR) is 150 cm³/mol. The number of thioether (sulfide) groups is 1. The van der Waals surface area contributed by atoms with E-state index in [0.29, 0.717) is 0 Å². The second-order valence-electron chi connectivity index (χ2n) is 10.6. The lowest BCUT2D eigenvalue weighted by atomic mass is 9.35. The summed E-state index contributed by atoms with van der Waals surface area (Å²) < 4.78 is 12.9. The Bertz CT molecular complexity index is 1520. The van der Waals surface area contributed by atoms with Crippen LogP contribution in [0.15, 0.2) is 83.9 Å². The Labute approximate surface area is 215 Å². The van der Waals surface area contributed by atoms with E-state index in [-0.39, 0.29) is 17.0 Å². The maximum atomic E-state index is 6.45. The molecule has 4 nitrogen and oxygen atoms in total. The topological polar surface area (TPSA) is 43.7 Å². The van der Waals surface area contributed by atoms with Gasteiger partial charge in [0.2, 0.25) is 0 Å². The smallest absolute Gasteiger partial charge is 0.260 e. The van der Waals surface area contributed by atoms with E-state index < -0.39 is 0 Å². The molecule has 0 saturated carbocycles. The fourth-order valence-corrected chi connectivity index (χ4v) is 6.41. The number of aliphatic imine (C=N–C) groups is 1. The van der Waals surface area contributed by atoms with Gasteiger partial charge in [0.15, 0.2) is 0 Å². The number of pyridine rings is 1. The molecule has 36 heavy (non-hydrogen) atoms. The minimum atomic E-state index is -0.155. The van der Waals surface area contributed by atoms with Crippen molar-refractivity contribution in [3.63, 3.8) is 0 Å². The summed E-state index contributed by atoms with van der Waals surface area (Å²) in [5.41, 5.74) is 5.99. The van der Waals surface area contributed by atoms with Gasteiger partial charge in [-0.1, -0.05) is 54.2 Å². The quantitative estimate of drug-likeness (QED) is 0.301. The molecule has 3 aliphatic heterocycles. The maximum absolute atomic E-state index is 6.45. The second kappa shape index (κ2) is 7.50. The number of nitrogens with zero attached hydrogens (tertiary/aromatic N) is 2. The average molecular weight is 488 g/mol. The largest absolute Gasteiger partial charge is 0.458 e. The van der Waals surface area contributed by atoms with Crippen LogP contribution < -0.4 is 25.9 Å². The van der Waals surface area contributed by atoms with Crippen LogP contribution in [0.3, 0.4) is 0 Å². The monoisotopic (exact) mass is 488 g/mol. The lowest BCUT2D eigenvalue weighted by molar-refractivity contribution is 0.426. The van der Waals surface area contributed by atoms with E-state index in [9.17, 15) is 0 Å². The van der Waals surface area contributed by atoms with Gasteiger partial charge >= 0.3 is 0 Å². The van der Waals surface area contributed by atoms with Crippen LogP contribution in [-0.2, 0) is 0 Å². The first kappa shape index (κ1) is 21.8. The van der Waals surface area contributed by atoms with Crippen molar-refractivity contribution >= 4 is 39.9 Å². The van der Waals surface area contributed by atoms with Crippen LogP contribution in [0.2, 0.25) is 0 Å². The minimum Gasteiger partial charge on any atom is -0.458 e. The van der Waals surface area contributed by atoms with Gasteiger partial charge in [0.05, 0.1) is 16.9 Å². The van der Waals surface area contributed by atoms with Gasteiger partial charge < -0.3 is 9.47 Å². The first-order chi connectivity index (χ1) is 17.3. The summed E-state index contributed by atoms with van der Waals surface area (Å²) in [7, 11) is 0. The molecular formula is C30H25BN2O2S. The van der Waals surface area contributed by atoms with Crippen molar-refractivity contribution in [3.8, 4) is 34.3 Å². The number of fused-ring (bicyclic) bond motifs is 4. The summed E-state index contributed by atoms with van der Waals surface area (Å²) in [4.78, 5) is 10.1. The summed E-state index contributed by atoms with van der Waals surface area (Å²) in [6.45, 7) is 8.93. The molecule has 0 amide bonds. The van der Waals surface area contributed by atoms with E-state index in [2.05, 4.69) is 70.2 Å². The third-order valence-electron chi connectivity index (χ3n) is 7.76. The molecule has 0 aliphatic carbocycles. The van der Waals surface area contributed by atoms with Crippen LogP contribution in [0, 0.1) is 0 Å². The highest BCUT2D eigenvalue weighted by Crippen LogP contribution is 2.46. The molecule has 0 unspecified atom stereocenters. The summed E-state index contributed by atoms with van der Waals surface area (Å²) in [6, 6.07) is 26.9. The molecule has 0 fully saturated rings. The van der Waals surface area contributed by atoms with Crippen LogP contribution in [0.1, 0.15) is 33.4 Å². The van der Waals surface area contributed by atoms with Gasteiger partial charge in [-0.3, -0.25) is 4.99 Å². The molecule has 0 spiro atoms. The van der Waals surface area contributed by atoms with E-state index in [1.165, 1.54) is 0 Å². The predicted octanol–water partition coefficient (Wildman–Crippen LogP) is 5.53. The van der Waals surface area contributed by atoms with Crippen molar-refractivity contribution < 1.29 is 9.47 Å². The highest BCUT2D eigenvalue weighted by atomic mass is 32.2. The highest BCUT2D eigenvalue weighted by Gasteiger charge is 2.45. The van der Waals surface area contributed by atoms with Crippen LogP contribution in [0.25, 0.3) is 11.3 Å². The van der Waals surface area contributed by atoms with E-state index in [4.69, 9.17) is 19.5 Å². The standard InChI is InChI=1S/C30H25BN2O2S/c1-29(2)30(3,4)36-28(33-29)22-13-9-12-21(32-22)18-16-25-27-26(17-18)35-24-15-8-6-11-20(24)31(27)19-10-5-7-14-23(19)34-25/h5-17H,1-4H3. The molecular weight excluding hydrogens is 463 g/mol. The zero-order valence-electron chi connectivity index (χ0n) is 20.7. The summed E-state index contributed by atoms with van der Waals surface area (Å²) >= 11 is 1.79. The lowest BCUT2D eigenvalue weighted by Gasteiger charge is -2.33. The molecule has 6 heteroatoms. The van der Waals surface area contributed by atoms with Gasteiger partial charge in [0, 0.05) is 15.8 Å². The number of aromatic nitrogens is 1. The number of rotatable bonds is 2. The second-order valence-corrected chi connectivity index (χ2v) is 12.2. The fraction of sp³-hybridized carbons (Fsp3) is 0.200. The van der Waals surface area contributed by atoms with Crippen molar-refractivity contribution in [2.24, 2.45) is 4.99 Å². The molecule has 0 bridgehead atoms. The van der Waals surface area contributed by atoms with Crippen LogP contribution in [-0.4, -0.2) is 27.0 Å². The average Bonchev–Trinajstić information content (AvgIpc) is 3.10. The summed E-state index contributed by atoms with van der Waals surface area (Å²) in [5, 5.41) is 0.988. The van der Waals surface area contributed by atoms with E-state index in [1.807, 2.05) is 36.4 Å². The van der Waals surface area contributed by atoms with Crippen molar-refractivity contribution in [1.82, 2.24) is 4.98 Å². The summed E-state index contributed by atoms with van der Waals surface area (Å²) in [6.07, 6.45) is 0. The molecule has 176 valence electrons. The molecule has 3 aromatic carbocycles. The molecule has 0 N–H and O–H groups in total. The van der Waals surface area contributed by atoms with Gasteiger partial charge in [-0.05, 0) is 75.0 Å². The molecule has 7 rings (SSSR count). The van der Waals surface area contributed by atoms with Gasteiger partial charge in [0.25, 0.3) is 6.71 Å². The molecule has 0 radical (unpaired) electrons. The van der Waals surface area contributed by atoms with Crippen molar-refractivity contribution in [2.75, 3.05) is 0 Å². The summed E-state index contributed by atoms with van der Waals surface area (Å²) in [5.74, 6) is 3.42. The molecule has 0 atom stereocenters. The molecule has 4 heterocycles. The fourth-order valence-electron chi connectivity index (χ4n) is 5.14. The molecule has 0 saturated heterocycles. The van der Waals surface area contributed by atoms with Gasteiger partial charge in [-0.15, -0.1) is 0 Å². The number of para-hydroxylation sites is 2. The van der Waals surface area contributed by atoms with E-state index >= 15 is 0 Å².